The largest absolute Gasteiger partial charge is 0.410 e. The first-order valence-electron chi connectivity index (χ1n) is 5.73. The maximum atomic E-state index is 13.3. The van der Waals surface area contributed by atoms with Crippen molar-refractivity contribution in [1.29, 1.82) is 0 Å². The summed E-state index contributed by atoms with van der Waals surface area (Å²) in [7, 11) is 0. The molecule has 0 saturated heterocycles. The van der Waals surface area contributed by atoms with Crippen LogP contribution in [0, 0.1) is 13.8 Å². The van der Waals surface area contributed by atoms with Crippen LogP contribution in [0.2, 0.25) is 0 Å². The lowest BCUT2D eigenvalue weighted by Gasteiger charge is -2.38. The Morgan fingerprint density at radius 1 is 0.900 bits per heavy atom. The zero-order valence-electron chi connectivity index (χ0n) is 11.2. The molecule has 0 unspecified atom stereocenters. The zero-order chi connectivity index (χ0) is 15.9. The number of alkyl halides is 6. The van der Waals surface area contributed by atoms with Gasteiger partial charge < -0.3 is 0 Å². The molecule has 0 saturated carbocycles. The molecule has 0 fully saturated rings. The van der Waals surface area contributed by atoms with Crippen LogP contribution in [0.15, 0.2) is 30.4 Å². The summed E-state index contributed by atoms with van der Waals surface area (Å²) in [5, 5.41) is 0. The van der Waals surface area contributed by atoms with Crippen molar-refractivity contribution in [2.24, 2.45) is 0 Å². The summed E-state index contributed by atoms with van der Waals surface area (Å²) in [5.74, 6) is 0. The first kappa shape index (κ1) is 16.6. The highest BCUT2D eigenvalue weighted by atomic mass is 19.4. The number of hydrogen-bond acceptors (Lipinski definition) is 0. The van der Waals surface area contributed by atoms with Gasteiger partial charge in [0.1, 0.15) is 0 Å². The van der Waals surface area contributed by atoms with E-state index < -0.39 is 28.9 Å². The Morgan fingerprint density at radius 3 is 1.65 bits per heavy atom. The van der Waals surface area contributed by atoms with E-state index in [0.717, 1.165) is 19.1 Å². The molecule has 0 aromatic heterocycles. The molecule has 20 heavy (non-hydrogen) atoms. The summed E-state index contributed by atoms with van der Waals surface area (Å²) in [6, 6.07) is 3.03. The van der Waals surface area contributed by atoms with E-state index >= 15 is 0 Å². The molecule has 0 nitrogen and oxygen atoms in total. The van der Waals surface area contributed by atoms with E-state index in [2.05, 4.69) is 6.58 Å². The lowest BCUT2D eigenvalue weighted by atomic mass is 9.73. The second kappa shape index (κ2) is 4.82. The van der Waals surface area contributed by atoms with E-state index in [1.165, 1.54) is 13.0 Å². The maximum Gasteiger partial charge on any atom is 0.410 e. The van der Waals surface area contributed by atoms with Gasteiger partial charge in [0.05, 0.1) is 0 Å². The van der Waals surface area contributed by atoms with Gasteiger partial charge in [-0.25, -0.2) is 0 Å². The number of benzene rings is 1. The molecule has 6 heteroatoms. The molecule has 0 aliphatic rings. The standard InChI is InChI=1S/C14H14F6/c1-8(2)12(13(15,16)17,14(18,19)20)11-6-5-9(3)10(4)7-11/h5-7H,1H2,2-4H3. The fourth-order valence-corrected chi connectivity index (χ4v) is 2.19. The van der Waals surface area contributed by atoms with Crippen molar-refractivity contribution >= 4 is 0 Å². The van der Waals surface area contributed by atoms with Gasteiger partial charge in [0.15, 0.2) is 0 Å². The van der Waals surface area contributed by atoms with Crippen LogP contribution in [0.25, 0.3) is 0 Å². The van der Waals surface area contributed by atoms with Crippen molar-refractivity contribution in [1.82, 2.24) is 0 Å². The van der Waals surface area contributed by atoms with Crippen LogP contribution in [0.4, 0.5) is 26.3 Å². The summed E-state index contributed by atoms with van der Waals surface area (Å²) in [6.45, 7) is 6.78. The van der Waals surface area contributed by atoms with E-state index in [-0.39, 0.29) is 0 Å². The molecule has 0 atom stereocenters. The molecule has 0 aliphatic heterocycles. The van der Waals surface area contributed by atoms with E-state index in [0.29, 0.717) is 11.1 Å². The molecule has 112 valence electrons. The minimum Gasteiger partial charge on any atom is -0.169 e. The molecule has 1 aromatic rings. The Balaban J connectivity index is 3.77. The number of aryl methyl sites for hydroxylation is 2. The second-order valence-corrected chi connectivity index (χ2v) is 4.82. The normalized spacial score (nSPS) is 13.4. The summed E-state index contributed by atoms with van der Waals surface area (Å²) < 4.78 is 79.6. The predicted octanol–water partition coefficient (Wildman–Crippen LogP) is 5.24. The monoisotopic (exact) mass is 296 g/mol. The molecule has 0 amide bonds. The first-order chi connectivity index (χ1) is 8.85. The Labute approximate surface area is 113 Å². The van der Waals surface area contributed by atoms with Crippen molar-refractivity contribution < 1.29 is 26.3 Å². The fraction of sp³-hybridized carbons (Fsp3) is 0.429. The first-order valence-corrected chi connectivity index (χ1v) is 5.73. The summed E-state index contributed by atoms with van der Waals surface area (Å²) in [5.41, 5.74) is -4.91. The third-order valence-electron chi connectivity index (χ3n) is 3.43. The fourth-order valence-electron chi connectivity index (χ4n) is 2.19. The van der Waals surface area contributed by atoms with Crippen LogP contribution in [-0.2, 0) is 5.41 Å². The smallest absolute Gasteiger partial charge is 0.169 e. The number of hydrogen-bond donors (Lipinski definition) is 0. The van der Waals surface area contributed by atoms with Crippen molar-refractivity contribution in [2.45, 2.75) is 38.5 Å². The molecule has 0 heterocycles. The van der Waals surface area contributed by atoms with Crippen LogP contribution >= 0.6 is 0 Å². The predicted molar refractivity (Wildman–Crippen MR) is 64.5 cm³/mol. The van der Waals surface area contributed by atoms with E-state index in [1.54, 1.807) is 6.92 Å². The van der Waals surface area contributed by atoms with Crippen molar-refractivity contribution in [2.75, 3.05) is 0 Å². The van der Waals surface area contributed by atoms with Crippen LogP contribution in [0.3, 0.4) is 0 Å². The van der Waals surface area contributed by atoms with Gasteiger partial charge in [-0.05, 0) is 37.5 Å². The van der Waals surface area contributed by atoms with Crippen molar-refractivity contribution in [3.63, 3.8) is 0 Å². The average Bonchev–Trinajstić information content (AvgIpc) is 2.19. The Hall–Kier alpha value is -1.46. The van der Waals surface area contributed by atoms with Gasteiger partial charge in [0.25, 0.3) is 0 Å². The van der Waals surface area contributed by atoms with Gasteiger partial charge in [-0.15, -0.1) is 0 Å². The van der Waals surface area contributed by atoms with Crippen LogP contribution in [0.5, 0.6) is 0 Å². The Morgan fingerprint density at radius 2 is 1.35 bits per heavy atom. The van der Waals surface area contributed by atoms with Crippen LogP contribution in [0.1, 0.15) is 23.6 Å². The molecule has 0 bridgehead atoms. The number of rotatable bonds is 2. The number of halogens is 6. The van der Waals surface area contributed by atoms with Crippen molar-refractivity contribution in [3.8, 4) is 0 Å². The average molecular weight is 296 g/mol. The highest BCUT2D eigenvalue weighted by Crippen LogP contribution is 2.55. The Kier molecular flexibility index (Phi) is 4.00. The molecular formula is C14H14F6. The van der Waals surface area contributed by atoms with Gasteiger partial charge in [-0.2, -0.15) is 26.3 Å². The lowest BCUT2D eigenvalue weighted by molar-refractivity contribution is -0.289. The maximum absolute atomic E-state index is 13.3. The summed E-state index contributed by atoms with van der Waals surface area (Å²) in [4.78, 5) is 0. The summed E-state index contributed by atoms with van der Waals surface area (Å²) >= 11 is 0. The minimum absolute atomic E-state index is 0.363. The quantitative estimate of drug-likeness (QED) is 0.517. The third kappa shape index (κ3) is 2.31. The van der Waals surface area contributed by atoms with E-state index in [9.17, 15) is 26.3 Å². The van der Waals surface area contributed by atoms with E-state index in [4.69, 9.17) is 0 Å². The van der Waals surface area contributed by atoms with Gasteiger partial charge >= 0.3 is 12.4 Å². The van der Waals surface area contributed by atoms with Crippen LogP contribution in [-0.4, -0.2) is 12.4 Å². The second-order valence-electron chi connectivity index (χ2n) is 4.82. The van der Waals surface area contributed by atoms with Gasteiger partial charge in [0, 0.05) is 0 Å². The summed E-state index contributed by atoms with van der Waals surface area (Å²) in [6.07, 6.45) is -11.0. The highest BCUT2D eigenvalue weighted by molar-refractivity contribution is 5.43. The topological polar surface area (TPSA) is 0 Å². The molecule has 0 radical (unpaired) electrons. The Bertz CT molecular complexity index is 507. The third-order valence-corrected chi connectivity index (χ3v) is 3.43. The lowest BCUT2D eigenvalue weighted by Crippen LogP contribution is -2.54. The van der Waals surface area contributed by atoms with Gasteiger partial charge in [-0.1, -0.05) is 30.4 Å². The van der Waals surface area contributed by atoms with Gasteiger partial charge in [0.2, 0.25) is 5.41 Å². The zero-order valence-corrected chi connectivity index (χ0v) is 11.2. The van der Waals surface area contributed by atoms with Crippen LogP contribution < -0.4 is 0 Å². The van der Waals surface area contributed by atoms with E-state index in [1.807, 2.05) is 0 Å². The van der Waals surface area contributed by atoms with Gasteiger partial charge in [-0.3, -0.25) is 0 Å². The molecule has 1 aromatic carbocycles. The number of allylic oxidation sites excluding steroid dienone is 1. The molecule has 0 aliphatic carbocycles. The minimum atomic E-state index is -5.52. The molecular weight excluding hydrogens is 282 g/mol. The highest BCUT2D eigenvalue weighted by Gasteiger charge is 2.72. The molecule has 0 spiro atoms. The SMILES string of the molecule is C=C(C)C(c1ccc(C)c(C)c1)(C(F)(F)F)C(F)(F)F. The molecule has 1 rings (SSSR count). The molecule has 0 N–H and O–H groups in total. The van der Waals surface area contributed by atoms with Crippen molar-refractivity contribution in [3.05, 3.63) is 47.0 Å².